The van der Waals surface area contributed by atoms with Crippen LogP contribution in [0.2, 0.25) is 0 Å². The van der Waals surface area contributed by atoms with Crippen LogP contribution in [-0.4, -0.2) is 0 Å². The molecular weight excluding hydrogens is 442 g/mol. The summed E-state index contributed by atoms with van der Waals surface area (Å²) in [6.07, 6.45) is 0. The average Bonchev–Trinajstić information content (AvgIpc) is 2.67. The summed E-state index contributed by atoms with van der Waals surface area (Å²) in [6, 6.07) is 13.4. The SMILES string of the molecule is CC(C)c1cccc(C(C)C)c1N1P([S-])N(c2c(C(C)C)cccc2C(C)C)P1[S-]. The number of nitrogens with zero attached hydrogens (tertiary/aromatic N) is 2. The molecule has 0 spiro atoms. The predicted octanol–water partition coefficient (Wildman–Crippen LogP) is 9.05. The maximum Gasteiger partial charge on any atom is 0.0500 e. The van der Waals surface area contributed by atoms with Crippen molar-refractivity contribution in [3.63, 3.8) is 0 Å². The standard InChI is InChI=1S/C24H34N2P2S2/c1-15(2)19-11-9-12-20(16(3)4)23(19)25-27(29)26(28(25)30)24-21(17(5)6)13-10-14-22(24)18(7)8/h9-18H,1-8H3/q-2. The van der Waals surface area contributed by atoms with Crippen molar-refractivity contribution in [2.24, 2.45) is 0 Å². The van der Waals surface area contributed by atoms with Gasteiger partial charge in [-0.2, -0.15) is 0 Å². The topological polar surface area (TPSA) is 6.48 Å². The van der Waals surface area contributed by atoms with Gasteiger partial charge in [-0.25, -0.2) is 0 Å². The van der Waals surface area contributed by atoms with Crippen molar-refractivity contribution in [3.05, 3.63) is 58.7 Å². The third-order valence-corrected chi connectivity index (χ3v) is 13.3. The van der Waals surface area contributed by atoms with Crippen molar-refractivity contribution in [1.82, 2.24) is 0 Å². The van der Waals surface area contributed by atoms with Crippen molar-refractivity contribution in [3.8, 4) is 0 Å². The summed E-state index contributed by atoms with van der Waals surface area (Å²) < 4.78 is 4.84. The zero-order chi connectivity index (χ0) is 22.3. The van der Waals surface area contributed by atoms with Crippen molar-refractivity contribution < 1.29 is 0 Å². The fourth-order valence-corrected chi connectivity index (χ4v) is 11.8. The van der Waals surface area contributed by atoms with Gasteiger partial charge in [-0.3, -0.25) is 0 Å². The molecule has 2 aromatic carbocycles. The van der Waals surface area contributed by atoms with E-state index in [1.807, 2.05) is 0 Å². The van der Waals surface area contributed by atoms with E-state index in [-0.39, 0.29) is 0 Å². The molecule has 0 atom stereocenters. The lowest BCUT2D eigenvalue weighted by Gasteiger charge is -2.70. The molecule has 1 heterocycles. The highest BCUT2D eigenvalue weighted by molar-refractivity contribution is 8.52. The van der Waals surface area contributed by atoms with Crippen molar-refractivity contribution in [2.75, 3.05) is 8.88 Å². The van der Waals surface area contributed by atoms with Gasteiger partial charge < -0.3 is 33.4 Å². The second kappa shape index (κ2) is 9.62. The number of para-hydroxylation sites is 2. The highest BCUT2D eigenvalue weighted by Crippen LogP contribution is 2.78. The number of rotatable bonds is 6. The van der Waals surface area contributed by atoms with E-state index >= 15 is 0 Å². The third kappa shape index (κ3) is 4.27. The van der Waals surface area contributed by atoms with E-state index in [1.54, 1.807) is 0 Å². The van der Waals surface area contributed by atoms with E-state index in [4.69, 9.17) is 24.5 Å². The summed E-state index contributed by atoms with van der Waals surface area (Å²) in [7, 11) is -1.85. The predicted molar refractivity (Wildman–Crippen MR) is 143 cm³/mol. The van der Waals surface area contributed by atoms with Crippen LogP contribution in [0, 0.1) is 0 Å². The van der Waals surface area contributed by atoms with Gasteiger partial charge in [0.2, 0.25) is 0 Å². The highest BCUT2D eigenvalue weighted by Gasteiger charge is 2.37. The Morgan fingerprint density at radius 1 is 0.533 bits per heavy atom. The van der Waals surface area contributed by atoms with Crippen LogP contribution in [0.5, 0.6) is 0 Å². The van der Waals surface area contributed by atoms with Gasteiger partial charge in [0, 0.05) is 0 Å². The molecule has 2 nitrogen and oxygen atoms in total. The number of hydrogen-bond donors (Lipinski definition) is 0. The zero-order valence-electron chi connectivity index (χ0n) is 19.4. The normalized spacial score (nSPS) is 19.4. The van der Waals surface area contributed by atoms with Crippen molar-refractivity contribution in [2.45, 2.75) is 79.1 Å². The van der Waals surface area contributed by atoms with Crippen LogP contribution in [0.3, 0.4) is 0 Å². The molecule has 1 aliphatic rings. The van der Waals surface area contributed by atoms with Gasteiger partial charge in [-0.1, -0.05) is 91.8 Å². The van der Waals surface area contributed by atoms with E-state index in [2.05, 4.69) is 101 Å². The maximum absolute atomic E-state index is 6.20. The first kappa shape index (κ1) is 24.2. The van der Waals surface area contributed by atoms with E-state index < -0.39 is 14.8 Å². The summed E-state index contributed by atoms with van der Waals surface area (Å²) >= 11 is 12.4. The average molecular weight is 477 g/mol. The Bertz CT molecular complexity index is 765. The molecule has 0 saturated carbocycles. The molecule has 164 valence electrons. The van der Waals surface area contributed by atoms with Gasteiger partial charge in [0.05, 0.1) is 11.4 Å². The summed E-state index contributed by atoms with van der Waals surface area (Å²) in [4.78, 5) is 0. The van der Waals surface area contributed by atoms with Gasteiger partial charge in [-0.15, -0.1) is 0 Å². The van der Waals surface area contributed by atoms with E-state index in [1.165, 1.54) is 33.6 Å². The molecule has 30 heavy (non-hydrogen) atoms. The summed E-state index contributed by atoms with van der Waals surface area (Å²) in [5.41, 5.74) is 8.12. The molecule has 0 bridgehead atoms. The van der Waals surface area contributed by atoms with Gasteiger partial charge in [-0.05, 0) is 60.8 Å². The second-order valence-corrected chi connectivity index (χ2v) is 14.5. The maximum atomic E-state index is 6.20. The van der Waals surface area contributed by atoms with E-state index in [0.717, 1.165) is 0 Å². The van der Waals surface area contributed by atoms with Crippen LogP contribution in [0.4, 0.5) is 11.4 Å². The minimum Gasteiger partial charge on any atom is -0.714 e. The Morgan fingerprint density at radius 2 is 0.767 bits per heavy atom. The molecule has 0 N–H and O–H groups in total. The first-order chi connectivity index (χ1) is 14.1. The highest BCUT2D eigenvalue weighted by atomic mass is 32.7. The molecule has 0 unspecified atom stereocenters. The van der Waals surface area contributed by atoms with Crippen LogP contribution < -0.4 is 8.88 Å². The summed E-state index contributed by atoms with van der Waals surface area (Å²) in [5, 5.41) is 0. The summed E-state index contributed by atoms with van der Waals surface area (Å²) in [6.45, 7) is 18.1. The van der Waals surface area contributed by atoms with Crippen molar-refractivity contribution in [1.29, 1.82) is 0 Å². The minimum absolute atomic E-state index is 0.443. The Hall–Kier alpha value is -0.400. The van der Waals surface area contributed by atoms with Crippen LogP contribution in [0.25, 0.3) is 0 Å². The fraction of sp³-hybridized carbons (Fsp3) is 0.500. The van der Waals surface area contributed by atoms with Crippen LogP contribution in [0.15, 0.2) is 36.4 Å². The Morgan fingerprint density at radius 3 is 0.967 bits per heavy atom. The minimum atomic E-state index is -0.926. The van der Waals surface area contributed by atoms with Crippen LogP contribution in [-0.2, 0) is 24.5 Å². The van der Waals surface area contributed by atoms with Crippen LogP contribution in [0.1, 0.15) is 101 Å². The fourth-order valence-electron chi connectivity index (χ4n) is 4.09. The van der Waals surface area contributed by atoms with E-state index in [9.17, 15) is 0 Å². The molecule has 0 aromatic heterocycles. The van der Waals surface area contributed by atoms with Crippen molar-refractivity contribution >= 4 is 50.7 Å². The molecular formula is C24H34N2P2S2-2. The number of benzene rings is 2. The first-order valence-corrected chi connectivity index (χ1v) is 15.4. The molecule has 0 aliphatic carbocycles. The monoisotopic (exact) mass is 476 g/mol. The molecule has 3 rings (SSSR count). The Labute approximate surface area is 196 Å². The van der Waals surface area contributed by atoms with Gasteiger partial charge >= 0.3 is 0 Å². The lowest BCUT2D eigenvalue weighted by atomic mass is 9.93. The van der Waals surface area contributed by atoms with Crippen LogP contribution >= 0.6 is 14.8 Å². The third-order valence-electron chi connectivity index (χ3n) is 5.73. The van der Waals surface area contributed by atoms with Gasteiger partial charge in [0.25, 0.3) is 0 Å². The van der Waals surface area contributed by atoms with Gasteiger partial charge in [0.15, 0.2) is 0 Å². The molecule has 1 saturated heterocycles. The molecule has 1 fully saturated rings. The second-order valence-electron chi connectivity index (χ2n) is 9.27. The molecule has 0 amide bonds. The Balaban J connectivity index is 2.11. The molecule has 1 aliphatic heterocycles. The first-order valence-electron chi connectivity index (χ1n) is 10.9. The smallest absolute Gasteiger partial charge is 0.0500 e. The zero-order valence-corrected chi connectivity index (χ0v) is 22.8. The lowest BCUT2D eigenvalue weighted by molar-refractivity contribution is 0.833. The number of anilines is 2. The molecule has 2 aromatic rings. The number of hydrogen-bond acceptors (Lipinski definition) is 4. The summed E-state index contributed by atoms with van der Waals surface area (Å²) in [5.74, 6) is 1.77. The quantitative estimate of drug-likeness (QED) is 0.303. The van der Waals surface area contributed by atoms with E-state index in [0.29, 0.717) is 23.7 Å². The Kier molecular flexibility index (Phi) is 7.77. The molecule has 6 heteroatoms. The largest absolute Gasteiger partial charge is 0.714 e. The lowest BCUT2D eigenvalue weighted by Crippen LogP contribution is -2.37. The van der Waals surface area contributed by atoms with Gasteiger partial charge in [0.1, 0.15) is 0 Å². The molecule has 0 radical (unpaired) electrons.